The van der Waals surface area contributed by atoms with Crippen LogP contribution in [0, 0.1) is 0 Å². The van der Waals surface area contributed by atoms with Crippen molar-refractivity contribution in [3.63, 3.8) is 0 Å². The van der Waals surface area contributed by atoms with E-state index in [0.29, 0.717) is 31.1 Å². The summed E-state index contributed by atoms with van der Waals surface area (Å²) < 4.78 is 13.4. The van der Waals surface area contributed by atoms with Crippen molar-refractivity contribution in [2.24, 2.45) is 0 Å². The largest absolute Gasteiger partial charge is 0.506 e. The average molecular weight is 483 g/mol. The third-order valence-electron chi connectivity index (χ3n) is 6.29. The summed E-state index contributed by atoms with van der Waals surface area (Å²) >= 11 is 0. The molecule has 0 saturated carbocycles. The van der Waals surface area contributed by atoms with E-state index in [0.717, 1.165) is 16.8 Å². The zero-order valence-corrected chi connectivity index (χ0v) is 21.1. The van der Waals surface area contributed by atoms with Gasteiger partial charge in [-0.15, -0.1) is 5.10 Å². The molecule has 2 aromatic rings. The molecule has 2 amide bonds. The SMILES string of the molecule is C=CC(=O)N1CCOc2nn(-c3ccc(C(C)C)cc3O)c3c2C(C1)N(C(=O)OC(C)(C)C)CC3. The molecule has 9 heteroatoms. The van der Waals surface area contributed by atoms with E-state index in [1.165, 1.54) is 6.08 Å². The molecular formula is C26H34N4O5. The lowest BCUT2D eigenvalue weighted by molar-refractivity contribution is -0.127. The zero-order valence-electron chi connectivity index (χ0n) is 21.1. The first-order chi connectivity index (χ1) is 16.5. The van der Waals surface area contributed by atoms with Crippen LogP contribution in [0.15, 0.2) is 30.9 Å². The summed E-state index contributed by atoms with van der Waals surface area (Å²) in [5.41, 5.74) is 2.47. The molecule has 3 heterocycles. The molecule has 1 aromatic heterocycles. The van der Waals surface area contributed by atoms with Gasteiger partial charge < -0.3 is 19.5 Å². The van der Waals surface area contributed by atoms with E-state index in [1.54, 1.807) is 20.5 Å². The zero-order chi connectivity index (χ0) is 25.5. The molecular weight excluding hydrogens is 448 g/mol. The van der Waals surface area contributed by atoms with Gasteiger partial charge in [-0.05, 0) is 50.5 Å². The molecule has 1 N–H and O–H groups in total. The van der Waals surface area contributed by atoms with Crippen molar-refractivity contribution in [3.8, 4) is 17.3 Å². The highest BCUT2D eigenvalue weighted by Gasteiger charge is 2.41. The summed E-state index contributed by atoms with van der Waals surface area (Å²) in [6.45, 7) is 14.4. The number of nitrogens with zero attached hydrogens (tertiary/aromatic N) is 4. The van der Waals surface area contributed by atoms with Crippen molar-refractivity contribution < 1.29 is 24.2 Å². The van der Waals surface area contributed by atoms with Gasteiger partial charge in [-0.2, -0.15) is 0 Å². The third kappa shape index (κ3) is 4.85. The Morgan fingerprint density at radius 3 is 2.66 bits per heavy atom. The fourth-order valence-corrected chi connectivity index (χ4v) is 4.55. The Bertz CT molecular complexity index is 1150. The second kappa shape index (κ2) is 9.28. The molecule has 0 aliphatic carbocycles. The van der Waals surface area contributed by atoms with Gasteiger partial charge >= 0.3 is 6.09 Å². The van der Waals surface area contributed by atoms with Crippen molar-refractivity contribution >= 4 is 12.0 Å². The first-order valence-corrected chi connectivity index (χ1v) is 12.0. The molecule has 0 radical (unpaired) electrons. The highest BCUT2D eigenvalue weighted by Crippen LogP contribution is 2.41. The van der Waals surface area contributed by atoms with Crippen molar-refractivity contribution in [2.75, 3.05) is 26.2 Å². The van der Waals surface area contributed by atoms with E-state index in [1.807, 2.05) is 32.9 Å². The van der Waals surface area contributed by atoms with Crippen molar-refractivity contribution in [1.82, 2.24) is 19.6 Å². The Labute approximate surface area is 205 Å². The number of benzene rings is 1. The molecule has 1 aromatic carbocycles. The van der Waals surface area contributed by atoms with E-state index in [-0.39, 0.29) is 30.7 Å². The first kappa shape index (κ1) is 24.6. The number of phenolic OH excluding ortho intramolecular Hbond substituents is 1. The molecule has 35 heavy (non-hydrogen) atoms. The highest BCUT2D eigenvalue weighted by atomic mass is 16.6. The Hall–Kier alpha value is -3.49. The predicted octanol–water partition coefficient (Wildman–Crippen LogP) is 3.94. The van der Waals surface area contributed by atoms with Crippen molar-refractivity contribution in [2.45, 2.75) is 58.6 Å². The van der Waals surface area contributed by atoms with Crippen LogP contribution in [0.25, 0.3) is 5.69 Å². The molecule has 1 atom stereocenters. The van der Waals surface area contributed by atoms with E-state index in [9.17, 15) is 14.7 Å². The number of aromatic hydroxyl groups is 1. The lowest BCUT2D eigenvalue weighted by Gasteiger charge is -2.40. The molecule has 0 saturated heterocycles. The van der Waals surface area contributed by atoms with Crippen LogP contribution in [-0.4, -0.2) is 68.5 Å². The van der Waals surface area contributed by atoms with Gasteiger partial charge in [0.25, 0.3) is 0 Å². The number of ether oxygens (including phenoxy) is 2. The maximum atomic E-state index is 13.2. The number of phenols is 1. The predicted molar refractivity (Wildman–Crippen MR) is 131 cm³/mol. The molecule has 1 unspecified atom stereocenters. The van der Waals surface area contributed by atoms with Crippen LogP contribution in [0.5, 0.6) is 11.6 Å². The van der Waals surface area contributed by atoms with Crippen LogP contribution < -0.4 is 4.74 Å². The third-order valence-corrected chi connectivity index (χ3v) is 6.29. The second-order valence-electron chi connectivity index (χ2n) is 10.3. The Morgan fingerprint density at radius 1 is 1.29 bits per heavy atom. The number of hydrogen-bond donors (Lipinski definition) is 1. The minimum atomic E-state index is -0.664. The van der Waals surface area contributed by atoms with E-state index in [2.05, 4.69) is 20.4 Å². The number of carbonyl (C=O) groups excluding carboxylic acids is 2. The van der Waals surface area contributed by atoms with Crippen LogP contribution in [0.4, 0.5) is 4.79 Å². The Kier molecular flexibility index (Phi) is 6.53. The summed E-state index contributed by atoms with van der Waals surface area (Å²) in [6, 6.07) is 5.07. The van der Waals surface area contributed by atoms with Crippen LogP contribution in [0.3, 0.4) is 0 Å². The summed E-state index contributed by atoms with van der Waals surface area (Å²) in [5.74, 6) is 0.561. The monoisotopic (exact) mass is 482 g/mol. The number of rotatable bonds is 3. The number of amides is 2. The van der Waals surface area contributed by atoms with Crippen LogP contribution in [0.1, 0.15) is 63.4 Å². The number of aromatic nitrogens is 2. The van der Waals surface area contributed by atoms with Crippen LogP contribution in [-0.2, 0) is 16.0 Å². The quantitative estimate of drug-likeness (QED) is 0.666. The highest BCUT2D eigenvalue weighted by molar-refractivity contribution is 5.87. The van der Waals surface area contributed by atoms with Gasteiger partial charge in [0.1, 0.15) is 23.6 Å². The molecule has 4 rings (SSSR count). The lowest BCUT2D eigenvalue weighted by Crippen LogP contribution is -2.49. The Balaban J connectivity index is 1.81. The number of hydrogen-bond acceptors (Lipinski definition) is 6. The van der Waals surface area contributed by atoms with Gasteiger partial charge in [-0.3, -0.25) is 9.69 Å². The maximum Gasteiger partial charge on any atom is 0.410 e. The molecule has 2 aliphatic rings. The smallest absolute Gasteiger partial charge is 0.410 e. The standard InChI is InChI=1S/C26H34N4O5/c1-7-22(32)28-12-13-34-24-23-19(10-11-29(20(23)15-28)25(33)35-26(4,5)6)30(27-24)18-9-8-17(16(2)3)14-21(18)31/h7-9,14,16,20,31H,1,10-13,15H2,2-6H3. The summed E-state index contributed by atoms with van der Waals surface area (Å²) in [6.07, 6.45) is 1.30. The van der Waals surface area contributed by atoms with Gasteiger partial charge in [0.05, 0.1) is 23.8 Å². The summed E-state index contributed by atoms with van der Waals surface area (Å²) in [7, 11) is 0. The normalized spacial score (nSPS) is 17.8. The van der Waals surface area contributed by atoms with Crippen LogP contribution >= 0.6 is 0 Å². The minimum absolute atomic E-state index is 0.123. The van der Waals surface area contributed by atoms with E-state index < -0.39 is 17.7 Å². The van der Waals surface area contributed by atoms with E-state index in [4.69, 9.17) is 14.6 Å². The minimum Gasteiger partial charge on any atom is -0.506 e. The molecule has 0 bridgehead atoms. The van der Waals surface area contributed by atoms with Crippen molar-refractivity contribution in [1.29, 1.82) is 0 Å². The molecule has 2 aliphatic heterocycles. The summed E-state index contributed by atoms with van der Waals surface area (Å²) in [4.78, 5) is 29.0. The van der Waals surface area contributed by atoms with Crippen LogP contribution in [0.2, 0.25) is 0 Å². The number of carbonyl (C=O) groups is 2. The van der Waals surface area contributed by atoms with Gasteiger partial charge in [-0.25, -0.2) is 9.48 Å². The fraction of sp³-hybridized carbons (Fsp3) is 0.500. The van der Waals surface area contributed by atoms with E-state index >= 15 is 0 Å². The summed E-state index contributed by atoms with van der Waals surface area (Å²) in [5, 5.41) is 15.5. The molecule has 188 valence electrons. The average Bonchev–Trinajstić information content (AvgIpc) is 3.13. The fourth-order valence-electron chi connectivity index (χ4n) is 4.55. The topological polar surface area (TPSA) is 97.1 Å². The Morgan fingerprint density at radius 2 is 2.03 bits per heavy atom. The molecule has 0 fully saturated rings. The lowest BCUT2D eigenvalue weighted by atomic mass is 9.97. The molecule has 0 spiro atoms. The maximum absolute atomic E-state index is 13.2. The van der Waals surface area contributed by atoms with Gasteiger partial charge in [-0.1, -0.05) is 26.5 Å². The van der Waals surface area contributed by atoms with Crippen molar-refractivity contribution in [3.05, 3.63) is 47.7 Å². The van der Waals surface area contributed by atoms with Gasteiger partial charge in [0, 0.05) is 19.5 Å². The molecule has 9 nitrogen and oxygen atoms in total. The van der Waals surface area contributed by atoms with Gasteiger partial charge in [0.15, 0.2) is 0 Å². The van der Waals surface area contributed by atoms with Gasteiger partial charge in [0.2, 0.25) is 11.8 Å². The second-order valence-corrected chi connectivity index (χ2v) is 10.3. The first-order valence-electron chi connectivity index (χ1n) is 12.0.